The molecule has 3 aliphatic rings. The van der Waals surface area contributed by atoms with Crippen LogP contribution in [-0.2, 0) is 32.2 Å². The molecule has 164 valence electrons. The number of amides is 3. The molecule has 0 spiro atoms. The van der Waals surface area contributed by atoms with Crippen molar-refractivity contribution in [2.24, 2.45) is 0 Å². The summed E-state index contributed by atoms with van der Waals surface area (Å²) in [5, 5.41) is 2.64. The highest BCUT2D eigenvalue weighted by Crippen LogP contribution is 2.29. The molecular weight excluding hydrogens is 398 g/mol. The summed E-state index contributed by atoms with van der Waals surface area (Å²) in [6.07, 6.45) is 5.07. The monoisotopic (exact) mass is 425 g/mol. The molecule has 3 heterocycles. The third-order valence-corrected chi connectivity index (χ3v) is 6.11. The fraction of sp³-hybridized carbons (Fsp3) is 0.478. The van der Waals surface area contributed by atoms with E-state index in [1.165, 1.54) is 11.8 Å². The average molecular weight is 425 g/mol. The molecule has 3 aliphatic heterocycles. The molecule has 1 fully saturated rings. The minimum absolute atomic E-state index is 0.152. The predicted octanol–water partition coefficient (Wildman–Crippen LogP) is 2.01. The second-order valence-corrected chi connectivity index (χ2v) is 8.33. The molecule has 0 unspecified atom stereocenters. The molecule has 0 aliphatic carbocycles. The number of ketones is 1. The standard InChI is InChI=1S/C23H27N3O5/c1-15(27)20-10-18-13-26(20)22(29)11-24-21(28)9-4-2-3-6-16-7-5-8-17-12-25(14-19(16)17)23(30)31-18/h3,5-8,18,20H,2,4,9-14H2,1H3,(H,24,28)/b6-3+/t18-,20+/m1/s1. The molecule has 31 heavy (non-hydrogen) atoms. The van der Waals surface area contributed by atoms with E-state index < -0.39 is 18.2 Å². The second kappa shape index (κ2) is 8.91. The van der Waals surface area contributed by atoms with Crippen LogP contribution >= 0.6 is 0 Å². The van der Waals surface area contributed by atoms with Crippen LogP contribution in [0.15, 0.2) is 24.3 Å². The van der Waals surface area contributed by atoms with Crippen LogP contribution in [0.4, 0.5) is 4.79 Å². The van der Waals surface area contributed by atoms with Gasteiger partial charge in [0.15, 0.2) is 5.78 Å². The second-order valence-electron chi connectivity index (χ2n) is 8.33. The number of hydrogen-bond donors (Lipinski definition) is 1. The number of allylic oxidation sites excluding steroid dienone is 1. The van der Waals surface area contributed by atoms with Gasteiger partial charge in [-0.05, 0) is 36.5 Å². The van der Waals surface area contributed by atoms with Gasteiger partial charge in [-0.15, -0.1) is 0 Å². The van der Waals surface area contributed by atoms with Crippen molar-refractivity contribution >= 4 is 29.8 Å². The van der Waals surface area contributed by atoms with Gasteiger partial charge >= 0.3 is 6.09 Å². The molecule has 0 saturated carbocycles. The summed E-state index contributed by atoms with van der Waals surface area (Å²) in [5.74, 6) is -0.694. The summed E-state index contributed by atoms with van der Waals surface area (Å²) in [7, 11) is 0. The Kier molecular flexibility index (Phi) is 6.06. The number of nitrogens with zero attached hydrogens (tertiary/aromatic N) is 2. The van der Waals surface area contributed by atoms with Gasteiger partial charge in [0.1, 0.15) is 6.10 Å². The average Bonchev–Trinajstić information content (AvgIpc) is 3.36. The third-order valence-electron chi connectivity index (χ3n) is 6.11. The van der Waals surface area contributed by atoms with Gasteiger partial charge in [0.05, 0.1) is 25.7 Å². The number of carbonyl (C=O) groups is 4. The van der Waals surface area contributed by atoms with E-state index in [0.29, 0.717) is 25.9 Å². The van der Waals surface area contributed by atoms with E-state index in [1.807, 2.05) is 30.4 Å². The lowest BCUT2D eigenvalue weighted by molar-refractivity contribution is -0.137. The molecule has 3 amide bonds. The zero-order valence-corrected chi connectivity index (χ0v) is 17.6. The van der Waals surface area contributed by atoms with E-state index in [-0.39, 0.29) is 37.1 Å². The zero-order chi connectivity index (χ0) is 22.0. The maximum atomic E-state index is 12.8. The van der Waals surface area contributed by atoms with Crippen LogP contribution < -0.4 is 5.32 Å². The summed E-state index contributed by atoms with van der Waals surface area (Å²) in [6.45, 7) is 2.34. The Labute approximate surface area is 181 Å². The summed E-state index contributed by atoms with van der Waals surface area (Å²) >= 11 is 0. The van der Waals surface area contributed by atoms with Crippen LogP contribution in [0.1, 0.15) is 49.3 Å². The first-order valence-corrected chi connectivity index (χ1v) is 10.7. The molecule has 0 radical (unpaired) electrons. The van der Waals surface area contributed by atoms with E-state index >= 15 is 0 Å². The molecule has 2 atom stereocenters. The van der Waals surface area contributed by atoms with Gasteiger partial charge in [-0.2, -0.15) is 0 Å². The van der Waals surface area contributed by atoms with Gasteiger partial charge in [-0.25, -0.2) is 4.79 Å². The molecule has 1 saturated heterocycles. The maximum Gasteiger partial charge on any atom is 0.410 e. The van der Waals surface area contributed by atoms with Crippen LogP contribution in [0.25, 0.3) is 6.08 Å². The highest BCUT2D eigenvalue weighted by molar-refractivity contribution is 5.90. The van der Waals surface area contributed by atoms with Gasteiger partial charge in [0, 0.05) is 19.4 Å². The Morgan fingerprint density at radius 3 is 2.84 bits per heavy atom. The molecule has 8 heteroatoms. The first kappa shape index (κ1) is 21.1. The summed E-state index contributed by atoms with van der Waals surface area (Å²) in [5.41, 5.74) is 3.24. The lowest BCUT2D eigenvalue weighted by Crippen LogP contribution is -2.45. The molecular formula is C23H27N3O5. The highest BCUT2D eigenvalue weighted by Gasteiger charge is 2.40. The molecule has 0 aromatic heterocycles. The van der Waals surface area contributed by atoms with Crippen LogP contribution in [0.2, 0.25) is 0 Å². The van der Waals surface area contributed by atoms with Gasteiger partial charge in [0.2, 0.25) is 11.8 Å². The molecule has 1 aromatic rings. The Morgan fingerprint density at radius 1 is 1.19 bits per heavy atom. The van der Waals surface area contributed by atoms with Crippen molar-refractivity contribution in [1.82, 2.24) is 15.1 Å². The Morgan fingerprint density at radius 2 is 2.03 bits per heavy atom. The maximum absolute atomic E-state index is 12.8. The Bertz CT molecular complexity index is 941. The number of carbonyl (C=O) groups excluding carboxylic acids is 4. The quantitative estimate of drug-likeness (QED) is 0.743. The van der Waals surface area contributed by atoms with Crippen molar-refractivity contribution in [2.75, 3.05) is 13.1 Å². The van der Waals surface area contributed by atoms with Crippen LogP contribution in [0, 0.1) is 0 Å². The minimum Gasteiger partial charge on any atom is -0.444 e. The van der Waals surface area contributed by atoms with E-state index in [2.05, 4.69) is 5.32 Å². The van der Waals surface area contributed by atoms with Gasteiger partial charge < -0.3 is 15.0 Å². The molecule has 1 aromatic carbocycles. The van der Waals surface area contributed by atoms with Crippen molar-refractivity contribution in [3.63, 3.8) is 0 Å². The molecule has 1 N–H and O–H groups in total. The third kappa shape index (κ3) is 4.62. The van der Waals surface area contributed by atoms with Crippen LogP contribution in [0.3, 0.4) is 0 Å². The number of benzene rings is 1. The van der Waals surface area contributed by atoms with E-state index in [1.54, 1.807) is 4.90 Å². The fourth-order valence-corrected chi connectivity index (χ4v) is 4.45. The van der Waals surface area contributed by atoms with E-state index in [9.17, 15) is 19.2 Å². The smallest absolute Gasteiger partial charge is 0.410 e. The number of rotatable bonds is 1. The number of Topliss-reactive ketones (excluding diaryl/α,β-unsaturated/α-hetero) is 1. The van der Waals surface area contributed by atoms with Crippen molar-refractivity contribution < 1.29 is 23.9 Å². The first-order valence-electron chi connectivity index (χ1n) is 10.7. The van der Waals surface area contributed by atoms with Crippen molar-refractivity contribution in [1.29, 1.82) is 0 Å². The lowest BCUT2D eigenvalue weighted by Gasteiger charge is -2.22. The lowest BCUT2D eigenvalue weighted by atomic mass is 10.0. The highest BCUT2D eigenvalue weighted by atomic mass is 16.6. The fourth-order valence-electron chi connectivity index (χ4n) is 4.45. The Hall–Kier alpha value is -3.16. The zero-order valence-electron chi connectivity index (χ0n) is 17.6. The number of hydrogen-bond acceptors (Lipinski definition) is 5. The van der Waals surface area contributed by atoms with E-state index in [4.69, 9.17) is 4.74 Å². The summed E-state index contributed by atoms with van der Waals surface area (Å²) < 4.78 is 5.68. The minimum atomic E-state index is -0.643. The summed E-state index contributed by atoms with van der Waals surface area (Å²) in [6, 6.07) is 5.36. The van der Waals surface area contributed by atoms with Crippen molar-refractivity contribution in [3.8, 4) is 0 Å². The molecule has 4 rings (SSSR count). The topological polar surface area (TPSA) is 96.0 Å². The first-order chi connectivity index (χ1) is 14.9. The van der Waals surface area contributed by atoms with Crippen LogP contribution in [0.5, 0.6) is 0 Å². The number of ether oxygens (including phenoxy) is 1. The van der Waals surface area contributed by atoms with Gasteiger partial charge in [0.25, 0.3) is 0 Å². The van der Waals surface area contributed by atoms with Crippen molar-refractivity contribution in [2.45, 2.75) is 57.8 Å². The van der Waals surface area contributed by atoms with Crippen molar-refractivity contribution in [3.05, 3.63) is 41.0 Å². The summed E-state index contributed by atoms with van der Waals surface area (Å²) in [4.78, 5) is 52.7. The van der Waals surface area contributed by atoms with Crippen LogP contribution in [-0.4, -0.2) is 58.7 Å². The normalized spacial score (nSPS) is 25.5. The van der Waals surface area contributed by atoms with E-state index in [0.717, 1.165) is 23.1 Å². The number of fused-ring (bicyclic) bond motifs is 3. The Balaban J connectivity index is 1.56. The number of nitrogens with one attached hydrogen (secondary N) is 1. The van der Waals surface area contributed by atoms with Gasteiger partial charge in [-0.1, -0.05) is 30.4 Å². The van der Waals surface area contributed by atoms with Gasteiger partial charge in [-0.3, -0.25) is 19.3 Å². The largest absolute Gasteiger partial charge is 0.444 e. The molecule has 4 bridgehead atoms. The SMILES string of the molecule is CC(=O)[C@@H]1C[C@@H]2CN1C(=O)CNC(=O)CCC/C=C/c1cccc3c1CN(C3)C(=O)O2. The molecule has 8 nitrogen and oxygen atoms in total. The predicted molar refractivity (Wildman–Crippen MR) is 113 cm³/mol.